The normalized spacial score (nSPS) is 24.9. The van der Waals surface area contributed by atoms with Crippen LogP contribution in [0.25, 0.3) is 0 Å². The molecule has 5 rings (SSSR count). The van der Waals surface area contributed by atoms with Gasteiger partial charge in [-0.15, -0.1) is 5.10 Å². The van der Waals surface area contributed by atoms with Gasteiger partial charge < -0.3 is 29.9 Å². The van der Waals surface area contributed by atoms with E-state index in [0.29, 0.717) is 6.42 Å². The zero-order chi connectivity index (χ0) is 31.4. The topological polar surface area (TPSA) is 232 Å². The van der Waals surface area contributed by atoms with E-state index in [1.165, 1.54) is 16.8 Å². The highest BCUT2D eigenvalue weighted by Crippen LogP contribution is 2.56. The first-order chi connectivity index (χ1) is 21.1. The summed E-state index contributed by atoms with van der Waals surface area (Å²) in [4.78, 5) is 38.7. The van der Waals surface area contributed by atoms with Crippen molar-refractivity contribution in [3.8, 4) is 5.75 Å². The number of hydrogen-bond acceptors (Lipinski definition) is 13. The quantitative estimate of drug-likeness (QED) is 0.111. The van der Waals surface area contributed by atoms with Crippen molar-refractivity contribution < 1.29 is 47.8 Å². The molecule has 2 aliphatic heterocycles. The molecule has 0 bridgehead atoms. The molecule has 1 aromatic heterocycles. The van der Waals surface area contributed by atoms with E-state index < -0.39 is 61.7 Å². The highest BCUT2D eigenvalue weighted by molar-refractivity contribution is 7.51. The Balaban J connectivity index is 1.34. The number of carbonyl (C=O) groups excluding carboxylic acids is 2. The fraction of sp³-hybridized carbons (Fsp3) is 0.385. The predicted molar refractivity (Wildman–Crippen MR) is 148 cm³/mol. The summed E-state index contributed by atoms with van der Waals surface area (Å²) in [6.07, 6.45) is -3.85. The van der Waals surface area contributed by atoms with Crippen LogP contribution in [0, 0.1) is 10.1 Å². The first-order valence-electron chi connectivity index (χ1n) is 13.4. The number of aromatic nitrogens is 3. The zero-order valence-corrected chi connectivity index (χ0v) is 23.9. The lowest BCUT2D eigenvalue weighted by Gasteiger charge is -2.31. The van der Waals surface area contributed by atoms with Crippen molar-refractivity contribution in [1.29, 1.82) is 0 Å². The van der Waals surface area contributed by atoms with Gasteiger partial charge in [0.05, 0.1) is 11.5 Å². The number of benzene rings is 2. The van der Waals surface area contributed by atoms with Crippen LogP contribution >= 0.6 is 7.75 Å². The molecule has 0 radical (unpaired) electrons. The summed E-state index contributed by atoms with van der Waals surface area (Å²) in [5.74, 6) is -1.96. The molecule has 2 aromatic carbocycles. The number of aliphatic hydroxyl groups excluding tert-OH is 2. The van der Waals surface area contributed by atoms with Gasteiger partial charge in [0.25, 0.3) is 11.6 Å². The lowest BCUT2D eigenvalue weighted by molar-refractivity contribution is -0.384. The fourth-order valence-corrected chi connectivity index (χ4v) is 6.75. The number of esters is 1. The maximum atomic E-state index is 14.4. The first-order valence-corrected chi connectivity index (χ1v) is 14.9. The minimum atomic E-state index is -4.44. The average Bonchev–Trinajstić information content (AvgIpc) is 3.77. The number of nitro benzene ring substituents is 1. The largest absolute Gasteiger partial charge is 0.462 e. The standard InChI is InChI=1S/C26H29N6O11P/c27-23(35)24-28-15-30(29-24)25-22(34)21(33)20(42-25)14-41-44(39,43-18-10-8-17(9-11-18)32(37)38)31-12-4-7-19(31)26(36)40-13-16-5-2-1-3-6-16/h1-3,5-6,8-11,15,19-22,25,33-34H,4,7,12-14H2,(H2,27,35)/t19-,20+,21+,22+,25+,44?/m0/s1. The fourth-order valence-electron chi connectivity index (χ4n) is 4.79. The van der Waals surface area contributed by atoms with Crippen LogP contribution in [0.4, 0.5) is 5.69 Å². The summed E-state index contributed by atoms with van der Waals surface area (Å²) in [5.41, 5.74) is 5.69. The molecule has 0 saturated carbocycles. The number of primary amides is 1. The highest BCUT2D eigenvalue weighted by atomic mass is 31.2. The Morgan fingerprint density at radius 2 is 1.86 bits per heavy atom. The third kappa shape index (κ3) is 6.77. The molecule has 1 amide bonds. The monoisotopic (exact) mass is 632 g/mol. The number of nitro groups is 1. The van der Waals surface area contributed by atoms with E-state index in [1.54, 1.807) is 24.3 Å². The third-order valence-electron chi connectivity index (χ3n) is 7.03. The summed E-state index contributed by atoms with van der Waals surface area (Å²) in [5, 5.41) is 36.2. The van der Waals surface area contributed by atoms with Gasteiger partial charge in [-0.1, -0.05) is 30.3 Å². The Morgan fingerprint density at radius 3 is 2.52 bits per heavy atom. The summed E-state index contributed by atoms with van der Waals surface area (Å²) in [6, 6.07) is 12.7. The van der Waals surface area contributed by atoms with Crippen LogP contribution in [-0.4, -0.2) is 84.0 Å². The number of aliphatic hydroxyl groups is 2. The number of rotatable bonds is 12. The maximum Gasteiger partial charge on any atom is 0.462 e. The van der Waals surface area contributed by atoms with E-state index in [0.717, 1.165) is 28.7 Å². The Bertz CT molecular complexity index is 1540. The molecule has 2 fully saturated rings. The predicted octanol–water partition coefficient (Wildman–Crippen LogP) is 1.32. The summed E-state index contributed by atoms with van der Waals surface area (Å²) >= 11 is 0. The Kier molecular flexibility index (Phi) is 9.33. The van der Waals surface area contributed by atoms with Gasteiger partial charge in [0.15, 0.2) is 6.23 Å². The Hall–Kier alpha value is -4.25. The molecule has 234 valence electrons. The van der Waals surface area contributed by atoms with Gasteiger partial charge in [-0.2, -0.15) is 4.67 Å². The van der Waals surface area contributed by atoms with Gasteiger partial charge in [0.1, 0.15) is 43.0 Å². The van der Waals surface area contributed by atoms with Crippen LogP contribution in [0.1, 0.15) is 35.3 Å². The SMILES string of the molecule is NC(=O)c1ncn([C@@H]2O[C@H](COP(=O)(Oc3ccc([N+](=O)[O-])cc3)N3CCC[C@H]3C(=O)OCc3ccccc3)[C@@H](O)[C@H]2O)n1. The van der Waals surface area contributed by atoms with Crippen molar-refractivity contribution in [1.82, 2.24) is 19.4 Å². The third-order valence-corrected chi connectivity index (χ3v) is 9.06. The second-order valence-corrected chi connectivity index (χ2v) is 11.9. The highest BCUT2D eigenvalue weighted by Gasteiger charge is 2.50. The number of ether oxygens (including phenoxy) is 2. The van der Waals surface area contributed by atoms with E-state index >= 15 is 0 Å². The van der Waals surface area contributed by atoms with Gasteiger partial charge in [-0.3, -0.25) is 24.2 Å². The minimum Gasteiger partial charge on any atom is -0.460 e. The van der Waals surface area contributed by atoms with Crippen LogP contribution in [0.3, 0.4) is 0 Å². The zero-order valence-electron chi connectivity index (χ0n) is 23.0. The van der Waals surface area contributed by atoms with Crippen molar-refractivity contribution in [2.45, 2.75) is 50.0 Å². The van der Waals surface area contributed by atoms with Gasteiger partial charge in [0, 0.05) is 18.7 Å². The molecule has 44 heavy (non-hydrogen) atoms. The molecular formula is C26H29N6O11P. The van der Waals surface area contributed by atoms with E-state index in [4.69, 9.17) is 24.3 Å². The first kappa shape index (κ1) is 31.2. The van der Waals surface area contributed by atoms with Crippen LogP contribution in [0.15, 0.2) is 60.9 Å². The molecule has 0 spiro atoms. The van der Waals surface area contributed by atoms with E-state index in [-0.39, 0.29) is 36.8 Å². The Morgan fingerprint density at radius 1 is 1.14 bits per heavy atom. The van der Waals surface area contributed by atoms with Crippen molar-refractivity contribution in [3.63, 3.8) is 0 Å². The van der Waals surface area contributed by atoms with E-state index in [2.05, 4.69) is 10.1 Å². The number of nitrogens with zero attached hydrogens (tertiary/aromatic N) is 5. The summed E-state index contributed by atoms with van der Waals surface area (Å²) in [6.45, 7) is -0.484. The second-order valence-electron chi connectivity index (χ2n) is 9.98. The number of carbonyl (C=O) groups is 2. The number of hydrogen-bond donors (Lipinski definition) is 3. The van der Waals surface area contributed by atoms with E-state index in [9.17, 15) is 34.5 Å². The van der Waals surface area contributed by atoms with Crippen molar-refractivity contribution >= 4 is 25.3 Å². The van der Waals surface area contributed by atoms with Crippen LogP contribution in [0.2, 0.25) is 0 Å². The molecule has 2 aliphatic rings. The van der Waals surface area contributed by atoms with Crippen LogP contribution in [-0.2, 0) is 30.0 Å². The number of non-ortho nitro benzene ring substituents is 1. The molecule has 6 atom stereocenters. The van der Waals surface area contributed by atoms with Crippen LogP contribution < -0.4 is 10.3 Å². The molecule has 3 heterocycles. The smallest absolute Gasteiger partial charge is 0.460 e. The lowest BCUT2D eigenvalue weighted by Crippen LogP contribution is -2.38. The summed E-state index contributed by atoms with van der Waals surface area (Å²) < 4.78 is 39.4. The Labute approximate surface area is 249 Å². The lowest BCUT2D eigenvalue weighted by atomic mass is 10.1. The van der Waals surface area contributed by atoms with Gasteiger partial charge in [0.2, 0.25) is 5.82 Å². The molecule has 3 aromatic rings. The van der Waals surface area contributed by atoms with Crippen molar-refractivity contribution in [3.05, 3.63) is 82.4 Å². The molecular weight excluding hydrogens is 603 g/mol. The molecule has 2 saturated heterocycles. The maximum absolute atomic E-state index is 14.4. The van der Waals surface area contributed by atoms with Crippen LogP contribution in [0.5, 0.6) is 5.75 Å². The summed E-state index contributed by atoms with van der Waals surface area (Å²) in [7, 11) is -4.44. The minimum absolute atomic E-state index is 0.0144. The molecule has 4 N–H and O–H groups in total. The van der Waals surface area contributed by atoms with Gasteiger partial charge in [-0.05, 0) is 30.5 Å². The van der Waals surface area contributed by atoms with Gasteiger partial charge in [-0.25, -0.2) is 14.2 Å². The van der Waals surface area contributed by atoms with Crippen molar-refractivity contribution in [2.24, 2.45) is 5.73 Å². The molecule has 0 aliphatic carbocycles. The number of nitrogens with two attached hydrogens (primary N) is 1. The van der Waals surface area contributed by atoms with Gasteiger partial charge >= 0.3 is 13.7 Å². The molecule has 17 nitrogen and oxygen atoms in total. The molecule has 18 heteroatoms. The average molecular weight is 633 g/mol. The van der Waals surface area contributed by atoms with Crippen molar-refractivity contribution in [2.75, 3.05) is 13.2 Å². The number of amides is 1. The second kappa shape index (κ2) is 13.2. The molecule has 1 unspecified atom stereocenters. The van der Waals surface area contributed by atoms with E-state index in [1.807, 2.05) is 6.07 Å².